The van der Waals surface area contributed by atoms with Gasteiger partial charge in [0.05, 0.1) is 18.8 Å². The third-order valence-corrected chi connectivity index (χ3v) is 6.19. The van der Waals surface area contributed by atoms with Crippen molar-refractivity contribution in [2.75, 3.05) is 53.5 Å². The van der Waals surface area contributed by atoms with Gasteiger partial charge in [0.2, 0.25) is 0 Å². The summed E-state index contributed by atoms with van der Waals surface area (Å²) >= 11 is 0. The lowest BCUT2D eigenvalue weighted by Crippen LogP contribution is -2.36. The van der Waals surface area contributed by atoms with Gasteiger partial charge in [-0.15, -0.1) is 0 Å². The number of benzene rings is 2. The van der Waals surface area contributed by atoms with E-state index in [1.54, 1.807) is 0 Å². The van der Waals surface area contributed by atoms with Gasteiger partial charge in [-0.1, -0.05) is 24.3 Å². The molecule has 1 N–H and O–H groups in total. The number of ether oxygens (including phenoxy) is 2. The highest BCUT2D eigenvalue weighted by molar-refractivity contribution is 5.73. The minimum absolute atomic E-state index is 0.223. The first-order chi connectivity index (χ1) is 18.8. The van der Waals surface area contributed by atoms with Crippen molar-refractivity contribution in [1.82, 2.24) is 9.80 Å². The summed E-state index contributed by atoms with van der Waals surface area (Å²) in [7, 11) is 3.99. The van der Waals surface area contributed by atoms with Crippen molar-refractivity contribution in [3.63, 3.8) is 0 Å². The predicted octanol–water partition coefficient (Wildman–Crippen LogP) is 6.07. The molecule has 6 nitrogen and oxygen atoms in total. The second kappa shape index (κ2) is 15.8. The Morgan fingerprint density at radius 3 is 2.05 bits per heavy atom. The van der Waals surface area contributed by atoms with Crippen LogP contribution < -0.4 is 4.74 Å². The van der Waals surface area contributed by atoms with E-state index in [4.69, 9.17) is 19.4 Å². The fraction of sp³-hybridized carbons (Fsp3) is 0.536. The fourth-order valence-corrected chi connectivity index (χ4v) is 3.94. The van der Waals surface area contributed by atoms with E-state index in [0.717, 1.165) is 76.4 Å². The van der Waals surface area contributed by atoms with Crippen LogP contribution in [0.15, 0.2) is 48.5 Å². The van der Waals surface area contributed by atoms with Gasteiger partial charge >= 0.3 is 18.3 Å². The average molecular weight is 579 g/mol. The molecule has 3 rings (SSSR count). The lowest BCUT2D eigenvalue weighted by atomic mass is 10.0. The van der Waals surface area contributed by atoms with Crippen molar-refractivity contribution in [1.29, 1.82) is 0 Å². The summed E-state index contributed by atoms with van der Waals surface area (Å²) in [5.74, 6) is -2.31. The second-order valence-corrected chi connectivity index (χ2v) is 9.68. The Hall–Kier alpha value is -2.83. The van der Waals surface area contributed by atoms with Crippen LogP contribution in [0, 0.1) is 0 Å². The number of hydrogen-bond acceptors (Lipinski definition) is 5. The summed E-state index contributed by atoms with van der Waals surface area (Å²) < 4.78 is 81.8. The van der Waals surface area contributed by atoms with Gasteiger partial charge in [-0.2, -0.15) is 26.3 Å². The molecule has 12 heteroatoms. The molecule has 0 radical (unpaired) electrons. The SMILES string of the molecule is CN(C)CCC(Oc1ccc(C(F)(F)F)cc1)c1ccc(CCCCN2CCOCC2)cc1.O=C(O)C(F)(F)F. The molecule has 40 heavy (non-hydrogen) atoms. The van der Waals surface area contributed by atoms with Crippen LogP contribution in [-0.2, 0) is 22.1 Å². The standard InChI is InChI=1S/C26H35F3N2O2.C2HF3O2/c1-30(2)16-14-25(33-24-12-10-23(11-13-24)26(27,28)29)22-8-6-21(7-9-22)5-3-4-15-31-17-19-32-20-18-31;3-2(4,5)1(6)7/h6-13,25H,3-5,14-20H2,1-2H3;(H,6,7). The Labute approximate surface area is 230 Å². The topological polar surface area (TPSA) is 62.2 Å². The molecule has 0 bridgehead atoms. The largest absolute Gasteiger partial charge is 0.490 e. The molecule has 1 fully saturated rings. The number of aryl methyl sites for hydroxylation is 1. The molecule has 1 aliphatic heterocycles. The van der Waals surface area contributed by atoms with Gasteiger partial charge in [-0.25, -0.2) is 4.79 Å². The van der Waals surface area contributed by atoms with Gasteiger partial charge in [0.25, 0.3) is 0 Å². The Bertz CT molecular complexity index is 1010. The van der Waals surface area contributed by atoms with Gasteiger partial charge in [-0.3, -0.25) is 4.90 Å². The number of hydrogen-bond donors (Lipinski definition) is 1. The van der Waals surface area contributed by atoms with Crippen molar-refractivity contribution in [2.45, 2.75) is 44.1 Å². The minimum atomic E-state index is -5.08. The van der Waals surface area contributed by atoms with Crippen LogP contribution >= 0.6 is 0 Å². The molecular weight excluding hydrogens is 542 g/mol. The molecule has 1 saturated heterocycles. The molecule has 0 saturated carbocycles. The molecule has 1 aliphatic rings. The maximum atomic E-state index is 12.8. The number of nitrogens with zero attached hydrogens (tertiary/aromatic N) is 2. The van der Waals surface area contributed by atoms with Gasteiger partial charge in [0, 0.05) is 26.1 Å². The molecule has 1 atom stereocenters. The molecule has 224 valence electrons. The van der Waals surface area contributed by atoms with Crippen LogP contribution in [0.3, 0.4) is 0 Å². The molecule has 1 heterocycles. The monoisotopic (exact) mass is 578 g/mol. The zero-order valence-corrected chi connectivity index (χ0v) is 22.6. The van der Waals surface area contributed by atoms with Crippen molar-refractivity contribution in [3.05, 3.63) is 65.2 Å². The first kappa shape index (κ1) is 33.4. The molecule has 0 spiro atoms. The highest BCUT2D eigenvalue weighted by atomic mass is 19.4. The van der Waals surface area contributed by atoms with Crippen LogP contribution in [0.5, 0.6) is 5.75 Å². The van der Waals surface area contributed by atoms with E-state index < -0.39 is 23.9 Å². The van der Waals surface area contributed by atoms with Crippen LogP contribution in [0.4, 0.5) is 26.3 Å². The number of rotatable bonds is 11. The Morgan fingerprint density at radius 2 is 1.55 bits per heavy atom. The molecule has 0 amide bonds. The first-order valence-corrected chi connectivity index (χ1v) is 12.9. The van der Waals surface area contributed by atoms with Crippen LogP contribution in [0.2, 0.25) is 0 Å². The van der Waals surface area contributed by atoms with E-state index in [9.17, 15) is 26.3 Å². The van der Waals surface area contributed by atoms with E-state index in [2.05, 4.69) is 34.1 Å². The molecule has 2 aromatic carbocycles. The van der Waals surface area contributed by atoms with Crippen LogP contribution in [0.1, 0.15) is 42.1 Å². The summed E-state index contributed by atoms with van der Waals surface area (Å²) in [6.07, 6.45) is -5.56. The number of alkyl halides is 6. The van der Waals surface area contributed by atoms with E-state index in [1.807, 2.05) is 14.1 Å². The Balaban J connectivity index is 0.000000708. The van der Waals surface area contributed by atoms with Crippen LogP contribution in [0.25, 0.3) is 0 Å². The summed E-state index contributed by atoms with van der Waals surface area (Å²) in [5, 5.41) is 7.12. The third-order valence-electron chi connectivity index (χ3n) is 6.19. The quantitative estimate of drug-likeness (QED) is 0.258. The second-order valence-electron chi connectivity index (χ2n) is 9.68. The van der Waals surface area contributed by atoms with E-state index in [1.165, 1.54) is 24.1 Å². The van der Waals surface area contributed by atoms with Crippen LogP contribution in [-0.4, -0.2) is 80.5 Å². The van der Waals surface area contributed by atoms with E-state index in [-0.39, 0.29) is 6.10 Å². The van der Waals surface area contributed by atoms with E-state index >= 15 is 0 Å². The lowest BCUT2D eigenvalue weighted by molar-refractivity contribution is -0.192. The van der Waals surface area contributed by atoms with Gasteiger partial charge in [0.1, 0.15) is 11.9 Å². The average Bonchev–Trinajstić information content (AvgIpc) is 2.89. The number of carbonyl (C=O) groups is 1. The number of unbranched alkanes of at least 4 members (excludes halogenated alkanes) is 1. The molecule has 0 aromatic heterocycles. The summed E-state index contributed by atoms with van der Waals surface area (Å²) in [4.78, 5) is 13.4. The normalized spacial score (nSPS) is 15.3. The van der Waals surface area contributed by atoms with Crippen molar-refractivity contribution >= 4 is 5.97 Å². The Morgan fingerprint density at radius 1 is 0.975 bits per heavy atom. The number of carboxylic acids is 1. The van der Waals surface area contributed by atoms with Gasteiger partial charge in [-0.05, 0) is 75.3 Å². The molecule has 2 aromatic rings. The summed E-state index contributed by atoms with van der Waals surface area (Å²) in [6, 6.07) is 13.4. The van der Waals surface area contributed by atoms with E-state index in [0.29, 0.717) is 5.75 Å². The molecular formula is C28H36F6N2O4. The maximum Gasteiger partial charge on any atom is 0.490 e. The molecule has 0 aliphatic carbocycles. The number of carboxylic acid groups (broad SMARTS) is 1. The summed E-state index contributed by atoms with van der Waals surface area (Å²) in [6.45, 7) is 5.67. The number of morpholine rings is 1. The Kier molecular flexibility index (Phi) is 13.2. The van der Waals surface area contributed by atoms with Crippen molar-refractivity contribution < 1.29 is 45.7 Å². The smallest absolute Gasteiger partial charge is 0.486 e. The first-order valence-electron chi connectivity index (χ1n) is 12.9. The minimum Gasteiger partial charge on any atom is -0.486 e. The fourth-order valence-electron chi connectivity index (χ4n) is 3.94. The highest BCUT2D eigenvalue weighted by Gasteiger charge is 2.38. The third kappa shape index (κ3) is 12.6. The van der Waals surface area contributed by atoms with Gasteiger partial charge in [0.15, 0.2) is 0 Å². The van der Waals surface area contributed by atoms with Crippen molar-refractivity contribution in [2.24, 2.45) is 0 Å². The predicted molar refractivity (Wildman–Crippen MR) is 138 cm³/mol. The van der Waals surface area contributed by atoms with Gasteiger partial charge < -0.3 is 19.5 Å². The summed E-state index contributed by atoms with van der Waals surface area (Å²) in [5.41, 5.74) is 1.66. The number of aliphatic carboxylic acids is 1. The zero-order chi connectivity index (χ0) is 29.8. The zero-order valence-electron chi connectivity index (χ0n) is 22.6. The highest BCUT2D eigenvalue weighted by Crippen LogP contribution is 2.32. The maximum absolute atomic E-state index is 12.8. The van der Waals surface area contributed by atoms with Crippen molar-refractivity contribution in [3.8, 4) is 5.75 Å². The lowest BCUT2D eigenvalue weighted by Gasteiger charge is -2.26. The number of halogens is 6. The molecule has 1 unspecified atom stereocenters.